The summed E-state index contributed by atoms with van der Waals surface area (Å²) >= 11 is 0. The number of likely N-dealkylation sites (tertiary alicyclic amines) is 1. The van der Waals surface area contributed by atoms with Crippen LogP contribution >= 0.6 is 24.0 Å². The molecule has 0 aromatic carbocycles. The molecule has 4 nitrogen and oxygen atoms in total. The number of halogens is 1. The van der Waals surface area contributed by atoms with Crippen molar-refractivity contribution in [2.45, 2.75) is 40.0 Å². The fourth-order valence-corrected chi connectivity index (χ4v) is 2.75. The third-order valence-electron chi connectivity index (χ3n) is 3.55. The SMILES string of the molecule is CCCCOCCNC(=NC)N1CC(C)CC(C)C1.I. The molecule has 0 bridgehead atoms. The van der Waals surface area contributed by atoms with Crippen LogP contribution in [0.5, 0.6) is 0 Å². The maximum absolute atomic E-state index is 5.56. The molecule has 0 aromatic heterocycles. The van der Waals surface area contributed by atoms with Gasteiger partial charge in [0.1, 0.15) is 0 Å². The highest BCUT2D eigenvalue weighted by molar-refractivity contribution is 14.0. The van der Waals surface area contributed by atoms with Crippen LogP contribution in [0, 0.1) is 11.8 Å². The number of aliphatic imine (C=N–C) groups is 1. The van der Waals surface area contributed by atoms with Gasteiger partial charge in [0.15, 0.2) is 5.96 Å². The van der Waals surface area contributed by atoms with Crippen molar-refractivity contribution in [2.75, 3.05) is 39.9 Å². The zero-order valence-corrected chi connectivity index (χ0v) is 15.9. The van der Waals surface area contributed by atoms with Gasteiger partial charge in [0.05, 0.1) is 6.61 Å². The van der Waals surface area contributed by atoms with Gasteiger partial charge in [0.25, 0.3) is 0 Å². The number of guanidine groups is 1. The van der Waals surface area contributed by atoms with Crippen LogP contribution in [0.3, 0.4) is 0 Å². The Bertz CT molecular complexity index is 264. The third-order valence-corrected chi connectivity index (χ3v) is 3.55. The highest BCUT2D eigenvalue weighted by Crippen LogP contribution is 2.20. The van der Waals surface area contributed by atoms with Crippen molar-refractivity contribution in [3.8, 4) is 0 Å². The van der Waals surface area contributed by atoms with E-state index in [1.165, 1.54) is 12.8 Å². The lowest BCUT2D eigenvalue weighted by atomic mass is 9.92. The van der Waals surface area contributed by atoms with E-state index in [9.17, 15) is 0 Å². The zero-order chi connectivity index (χ0) is 14.1. The van der Waals surface area contributed by atoms with Crippen LogP contribution in [0.15, 0.2) is 4.99 Å². The molecule has 1 N–H and O–H groups in total. The molecule has 120 valence electrons. The molecule has 1 aliphatic heterocycles. The molecule has 1 saturated heterocycles. The van der Waals surface area contributed by atoms with Crippen molar-refractivity contribution in [1.29, 1.82) is 0 Å². The maximum atomic E-state index is 5.56. The quantitative estimate of drug-likeness (QED) is 0.324. The average molecular weight is 397 g/mol. The summed E-state index contributed by atoms with van der Waals surface area (Å²) in [6.07, 6.45) is 3.67. The lowest BCUT2D eigenvalue weighted by Gasteiger charge is -2.37. The average Bonchev–Trinajstić information content (AvgIpc) is 2.37. The minimum absolute atomic E-state index is 0. The molecular formula is C15H32IN3O. The normalized spacial score (nSPS) is 23.4. The number of hydrogen-bond acceptors (Lipinski definition) is 2. The Hall–Kier alpha value is -0.0400. The van der Waals surface area contributed by atoms with E-state index >= 15 is 0 Å². The zero-order valence-electron chi connectivity index (χ0n) is 13.5. The maximum Gasteiger partial charge on any atom is 0.193 e. The fraction of sp³-hybridized carbons (Fsp3) is 0.933. The van der Waals surface area contributed by atoms with Crippen molar-refractivity contribution in [2.24, 2.45) is 16.8 Å². The van der Waals surface area contributed by atoms with E-state index in [0.717, 1.165) is 57.1 Å². The van der Waals surface area contributed by atoms with Gasteiger partial charge < -0.3 is 15.0 Å². The van der Waals surface area contributed by atoms with E-state index in [-0.39, 0.29) is 24.0 Å². The van der Waals surface area contributed by atoms with Gasteiger partial charge in [-0.3, -0.25) is 4.99 Å². The van der Waals surface area contributed by atoms with Gasteiger partial charge in [-0.25, -0.2) is 0 Å². The first kappa shape index (κ1) is 20.0. The summed E-state index contributed by atoms with van der Waals surface area (Å²) in [4.78, 5) is 6.77. The number of nitrogens with zero attached hydrogens (tertiary/aromatic N) is 2. The standard InChI is InChI=1S/C15H31N3O.HI/c1-5-6-8-19-9-7-17-15(16-4)18-11-13(2)10-14(3)12-18;/h13-14H,5-12H2,1-4H3,(H,16,17);1H. The van der Waals surface area contributed by atoms with Gasteiger partial charge in [0.2, 0.25) is 0 Å². The monoisotopic (exact) mass is 397 g/mol. The van der Waals surface area contributed by atoms with Gasteiger partial charge in [-0.1, -0.05) is 27.2 Å². The summed E-state index contributed by atoms with van der Waals surface area (Å²) in [5.74, 6) is 2.53. The van der Waals surface area contributed by atoms with Crippen molar-refractivity contribution >= 4 is 29.9 Å². The number of rotatable bonds is 6. The smallest absolute Gasteiger partial charge is 0.193 e. The van der Waals surface area contributed by atoms with Crippen LogP contribution in [-0.2, 0) is 4.74 Å². The topological polar surface area (TPSA) is 36.9 Å². The van der Waals surface area contributed by atoms with E-state index < -0.39 is 0 Å². The van der Waals surface area contributed by atoms with Crippen LogP contribution in [0.1, 0.15) is 40.0 Å². The molecule has 0 radical (unpaired) electrons. The summed E-state index contributed by atoms with van der Waals surface area (Å²) < 4.78 is 5.56. The Balaban J connectivity index is 0.00000361. The summed E-state index contributed by atoms with van der Waals surface area (Å²) in [5.41, 5.74) is 0. The predicted molar refractivity (Wildman–Crippen MR) is 97.0 cm³/mol. The number of hydrogen-bond donors (Lipinski definition) is 1. The van der Waals surface area contributed by atoms with E-state index in [4.69, 9.17) is 4.74 Å². The lowest BCUT2D eigenvalue weighted by Crippen LogP contribution is -2.49. The molecule has 0 aliphatic carbocycles. The van der Waals surface area contributed by atoms with Crippen LogP contribution in [0.2, 0.25) is 0 Å². The summed E-state index contributed by atoms with van der Waals surface area (Å²) in [7, 11) is 1.87. The second-order valence-electron chi connectivity index (χ2n) is 5.79. The molecule has 0 saturated carbocycles. The molecular weight excluding hydrogens is 365 g/mol. The molecule has 0 spiro atoms. The summed E-state index contributed by atoms with van der Waals surface area (Å²) in [6, 6.07) is 0. The van der Waals surface area contributed by atoms with Crippen molar-refractivity contribution < 1.29 is 4.74 Å². The minimum atomic E-state index is 0. The first-order valence-corrected chi connectivity index (χ1v) is 7.70. The molecule has 20 heavy (non-hydrogen) atoms. The molecule has 0 amide bonds. The Kier molecular flexibility index (Phi) is 11.6. The van der Waals surface area contributed by atoms with Gasteiger partial charge in [-0.05, 0) is 24.7 Å². The lowest BCUT2D eigenvalue weighted by molar-refractivity contribution is 0.134. The van der Waals surface area contributed by atoms with E-state index in [2.05, 4.69) is 36.0 Å². The number of ether oxygens (including phenoxy) is 1. The van der Waals surface area contributed by atoms with Gasteiger partial charge in [0, 0.05) is 33.3 Å². The van der Waals surface area contributed by atoms with Crippen LogP contribution < -0.4 is 5.32 Å². The van der Waals surface area contributed by atoms with Crippen molar-refractivity contribution in [3.63, 3.8) is 0 Å². The predicted octanol–water partition coefficient (Wildman–Crippen LogP) is 2.97. The molecule has 1 aliphatic rings. The molecule has 1 heterocycles. The van der Waals surface area contributed by atoms with E-state index in [1.807, 2.05) is 7.05 Å². The van der Waals surface area contributed by atoms with Gasteiger partial charge >= 0.3 is 0 Å². The Labute approximate surface area is 141 Å². The molecule has 5 heteroatoms. The number of piperidine rings is 1. The van der Waals surface area contributed by atoms with Crippen LogP contribution in [-0.4, -0.2) is 50.8 Å². The highest BCUT2D eigenvalue weighted by atomic mass is 127. The Morgan fingerprint density at radius 1 is 1.25 bits per heavy atom. The summed E-state index contributed by atoms with van der Waals surface area (Å²) in [6.45, 7) is 11.5. The third kappa shape index (κ3) is 7.67. The van der Waals surface area contributed by atoms with Crippen LogP contribution in [0.4, 0.5) is 0 Å². The second kappa shape index (κ2) is 11.6. The van der Waals surface area contributed by atoms with Crippen LogP contribution in [0.25, 0.3) is 0 Å². The molecule has 0 aromatic rings. The number of nitrogens with one attached hydrogen (secondary N) is 1. The number of unbranched alkanes of at least 4 members (excludes halogenated alkanes) is 1. The van der Waals surface area contributed by atoms with E-state index in [0.29, 0.717) is 0 Å². The Morgan fingerprint density at radius 2 is 1.90 bits per heavy atom. The van der Waals surface area contributed by atoms with Crippen molar-refractivity contribution in [3.05, 3.63) is 0 Å². The van der Waals surface area contributed by atoms with E-state index in [1.54, 1.807) is 0 Å². The highest BCUT2D eigenvalue weighted by Gasteiger charge is 2.23. The minimum Gasteiger partial charge on any atom is -0.380 e. The second-order valence-corrected chi connectivity index (χ2v) is 5.79. The largest absolute Gasteiger partial charge is 0.380 e. The molecule has 2 unspecified atom stereocenters. The summed E-state index contributed by atoms with van der Waals surface area (Å²) in [5, 5.41) is 3.41. The Morgan fingerprint density at radius 3 is 2.45 bits per heavy atom. The molecule has 2 atom stereocenters. The van der Waals surface area contributed by atoms with Gasteiger partial charge in [-0.2, -0.15) is 0 Å². The van der Waals surface area contributed by atoms with Gasteiger partial charge in [-0.15, -0.1) is 24.0 Å². The molecule has 1 fully saturated rings. The first-order chi connectivity index (χ1) is 9.17. The molecule has 1 rings (SSSR count). The first-order valence-electron chi connectivity index (χ1n) is 7.70. The fourth-order valence-electron chi connectivity index (χ4n) is 2.75. The van der Waals surface area contributed by atoms with Crippen molar-refractivity contribution in [1.82, 2.24) is 10.2 Å².